The third-order valence-electron chi connectivity index (χ3n) is 9.74. The van der Waals surface area contributed by atoms with E-state index >= 15 is 0 Å². The third-order valence-corrected chi connectivity index (χ3v) is 9.74. The second-order valence-corrected chi connectivity index (χ2v) is 12.5. The Kier molecular flexibility index (Phi) is 6.72. The van der Waals surface area contributed by atoms with Gasteiger partial charge in [-0.05, 0) is 49.5 Å². The fraction of sp³-hybridized carbons (Fsp3) is 0.353. The van der Waals surface area contributed by atoms with Gasteiger partial charge in [-0.15, -0.1) is 0 Å². The minimum absolute atomic E-state index is 0.144. The van der Waals surface area contributed by atoms with Gasteiger partial charge in [0.15, 0.2) is 28.7 Å². The predicted molar refractivity (Wildman–Crippen MR) is 157 cm³/mol. The first-order chi connectivity index (χ1) is 20.0. The summed E-state index contributed by atoms with van der Waals surface area (Å²) in [5, 5.41) is 59.0. The largest absolute Gasteiger partial charge is 0.508 e. The van der Waals surface area contributed by atoms with Crippen molar-refractivity contribution in [3.8, 4) is 5.75 Å². The monoisotopic (exact) mass is 586 g/mol. The average molecular weight is 587 g/mol. The van der Waals surface area contributed by atoms with Crippen molar-refractivity contribution < 1.29 is 44.7 Å². The van der Waals surface area contributed by atoms with Crippen molar-refractivity contribution in [1.29, 1.82) is 0 Å². The molecule has 0 saturated heterocycles. The highest BCUT2D eigenvalue weighted by Crippen LogP contribution is 2.67. The van der Waals surface area contributed by atoms with E-state index in [4.69, 9.17) is 0 Å². The molecule has 0 aliphatic heterocycles. The highest BCUT2D eigenvalue weighted by molar-refractivity contribution is 6.23. The summed E-state index contributed by atoms with van der Waals surface area (Å²) in [4.78, 5) is 52.4. The van der Waals surface area contributed by atoms with Crippen molar-refractivity contribution >= 4 is 34.8 Å². The molecule has 5 rings (SSSR count). The highest BCUT2D eigenvalue weighted by Gasteiger charge is 2.75. The maximum atomic E-state index is 14.2. The van der Waals surface area contributed by atoms with Crippen LogP contribution < -0.4 is 0 Å². The number of aliphatic hydroxyl groups is 4. The van der Waals surface area contributed by atoms with Crippen LogP contribution in [-0.2, 0) is 9.59 Å². The summed E-state index contributed by atoms with van der Waals surface area (Å²) < 4.78 is 0. The molecule has 0 spiro atoms. The number of aromatic hydroxyl groups is 1. The lowest BCUT2D eigenvalue weighted by Gasteiger charge is -2.62. The van der Waals surface area contributed by atoms with Gasteiger partial charge in [-0.2, -0.15) is 0 Å². The molecule has 0 heterocycles. The quantitative estimate of drug-likeness (QED) is 0.255. The van der Waals surface area contributed by atoms with Gasteiger partial charge in [0, 0.05) is 16.9 Å². The van der Waals surface area contributed by atoms with E-state index in [0.717, 1.165) is 6.92 Å². The molecule has 3 aliphatic carbocycles. The molecule has 0 saturated carbocycles. The average Bonchev–Trinajstić information content (AvgIpc) is 2.92. The van der Waals surface area contributed by atoms with E-state index in [1.54, 1.807) is 50.3 Å². The van der Waals surface area contributed by atoms with Crippen molar-refractivity contribution in [3.63, 3.8) is 0 Å². The molecule has 9 nitrogen and oxygen atoms in total. The van der Waals surface area contributed by atoms with E-state index in [1.165, 1.54) is 32.9 Å². The van der Waals surface area contributed by atoms with Gasteiger partial charge < -0.3 is 25.5 Å². The van der Waals surface area contributed by atoms with E-state index in [9.17, 15) is 44.7 Å². The number of hydrogen-bond acceptors (Lipinski definition) is 9. The van der Waals surface area contributed by atoms with Crippen LogP contribution in [0.15, 0.2) is 65.1 Å². The molecular weight excluding hydrogens is 552 g/mol. The fourth-order valence-electron chi connectivity index (χ4n) is 7.68. The molecule has 0 amide bonds. The van der Waals surface area contributed by atoms with Crippen molar-refractivity contribution in [1.82, 2.24) is 0 Å². The summed E-state index contributed by atoms with van der Waals surface area (Å²) in [5.74, 6) is -7.14. The molecule has 0 aromatic heterocycles. The summed E-state index contributed by atoms with van der Waals surface area (Å²) >= 11 is 0. The molecule has 0 radical (unpaired) electrons. The molecule has 1 unspecified atom stereocenters. The van der Waals surface area contributed by atoms with Crippen molar-refractivity contribution in [2.24, 2.45) is 22.7 Å². The first-order valence-corrected chi connectivity index (χ1v) is 14.0. The number of hydrogen-bond donors (Lipinski definition) is 5. The topological polar surface area (TPSA) is 169 Å². The van der Waals surface area contributed by atoms with Crippen LogP contribution in [0.3, 0.4) is 0 Å². The van der Waals surface area contributed by atoms with E-state index < -0.39 is 80.1 Å². The molecule has 0 fully saturated rings. The van der Waals surface area contributed by atoms with Crippen LogP contribution in [0.1, 0.15) is 73.4 Å². The third kappa shape index (κ3) is 3.64. The molecule has 3 aliphatic rings. The van der Waals surface area contributed by atoms with Crippen LogP contribution in [0.5, 0.6) is 5.75 Å². The Bertz CT molecular complexity index is 1720. The zero-order chi connectivity index (χ0) is 32.0. The van der Waals surface area contributed by atoms with Crippen LogP contribution in [0.2, 0.25) is 0 Å². The first kappa shape index (κ1) is 30.1. The number of allylic oxidation sites excluding steroid dienone is 1. The number of aliphatic hydroxyl groups excluding tert-OH is 3. The number of ketones is 4. The minimum Gasteiger partial charge on any atom is -0.508 e. The summed E-state index contributed by atoms with van der Waals surface area (Å²) in [6.07, 6.45) is -0.157. The Hall–Kier alpha value is -4.34. The van der Waals surface area contributed by atoms with Gasteiger partial charge in [-0.3, -0.25) is 19.2 Å². The molecule has 43 heavy (non-hydrogen) atoms. The molecule has 9 heteroatoms. The Morgan fingerprint density at radius 1 is 0.907 bits per heavy atom. The number of fused-ring (bicyclic) bond motifs is 3. The lowest BCUT2D eigenvalue weighted by atomic mass is 9.42. The summed E-state index contributed by atoms with van der Waals surface area (Å²) in [5.41, 5.74) is -6.61. The first-order valence-electron chi connectivity index (χ1n) is 14.0. The number of benzene rings is 2. The number of phenolic OH excluding ortho intramolecular Hbond substituents is 1. The van der Waals surface area contributed by atoms with Crippen molar-refractivity contribution in [2.45, 2.75) is 53.2 Å². The van der Waals surface area contributed by atoms with Gasteiger partial charge in [-0.25, -0.2) is 0 Å². The maximum absolute atomic E-state index is 14.2. The SMILES string of the molecule is CC(=O)C1=C(O)[C@]2(O)C(O)=C3C(=O)c4c(O)cccc4/C(=C\c4ccc(C(C)=O)cc4)[C@]3(C)[C@@H](O)[C@]2(C)C(C(C)C)C1=O. The summed E-state index contributed by atoms with van der Waals surface area (Å²) in [7, 11) is 0. The molecule has 224 valence electrons. The zero-order valence-electron chi connectivity index (χ0n) is 24.7. The van der Waals surface area contributed by atoms with Crippen LogP contribution in [0, 0.1) is 22.7 Å². The van der Waals surface area contributed by atoms with Crippen molar-refractivity contribution in [2.75, 3.05) is 0 Å². The lowest BCUT2D eigenvalue weighted by molar-refractivity contribution is -0.200. The minimum atomic E-state index is -2.91. The summed E-state index contributed by atoms with van der Waals surface area (Å²) in [6.45, 7) is 8.64. The van der Waals surface area contributed by atoms with Crippen LogP contribution >= 0.6 is 0 Å². The molecular formula is C34H34O9. The lowest BCUT2D eigenvalue weighted by Crippen LogP contribution is -2.72. The maximum Gasteiger partial charge on any atom is 0.197 e. The van der Waals surface area contributed by atoms with E-state index in [2.05, 4.69) is 0 Å². The number of phenols is 1. The molecule has 5 N–H and O–H groups in total. The summed E-state index contributed by atoms with van der Waals surface area (Å²) in [6, 6.07) is 10.9. The van der Waals surface area contributed by atoms with Crippen LogP contribution in [0.4, 0.5) is 0 Å². The van der Waals surface area contributed by atoms with Gasteiger partial charge in [0.25, 0.3) is 0 Å². The van der Waals surface area contributed by atoms with Gasteiger partial charge in [0.1, 0.15) is 22.8 Å². The van der Waals surface area contributed by atoms with Gasteiger partial charge in [-0.1, -0.05) is 63.2 Å². The fourth-order valence-corrected chi connectivity index (χ4v) is 7.68. The van der Waals surface area contributed by atoms with E-state index in [1.807, 2.05) is 0 Å². The van der Waals surface area contributed by atoms with Crippen LogP contribution in [0.25, 0.3) is 11.6 Å². The van der Waals surface area contributed by atoms with Crippen LogP contribution in [-0.4, -0.2) is 60.4 Å². The molecule has 2 aromatic rings. The standard InChI is InChI=1S/C34H34O9/c1-15(2)25-27(38)23(17(4)36)29(40)34(43)30(41)26-28(39)24-20(8-7-9-22(24)37)21(32(26,5)31(42)33(25,34)6)14-18-10-12-19(13-11-18)16(3)35/h7-15,25,31,37,40-43H,1-6H3/b21-14+/t25?,31-,32+,33+,34+/m1/s1. The zero-order valence-corrected chi connectivity index (χ0v) is 24.7. The number of carbonyl (C=O) groups is 4. The highest BCUT2D eigenvalue weighted by atomic mass is 16.4. The molecule has 5 atom stereocenters. The van der Waals surface area contributed by atoms with Crippen molar-refractivity contribution in [3.05, 3.63) is 87.4 Å². The normalized spacial score (nSPS) is 31.2. The molecule has 2 aromatic carbocycles. The Balaban J connectivity index is 1.95. The van der Waals surface area contributed by atoms with E-state index in [0.29, 0.717) is 11.1 Å². The second-order valence-electron chi connectivity index (χ2n) is 12.5. The van der Waals surface area contributed by atoms with Gasteiger partial charge >= 0.3 is 0 Å². The number of Topliss-reactive ketones (excluding diaryl/α,β-unsaturated/α-hetero) is 4. The predicted octanol–water partition coefficient (Wildman–Crippen LogP) is 4.52. The second kappa shape index (κ2) is 9.59. The van der Waals surface area contributed by atoms with Gasteiger partial charge in [0.05, 0.1) is 22.7 Å². The number of carbonyl (C=O) groups excluding carboxylic acids is 4. The molecule has 0 bridgehead atoms. The Morgan fingerprint density at radius 2 is 1.51 bits per heavy atom. The smallest absolute Gasteiger partial charge is 0.197 e. The van der Waals surface area contributed by atoms with Gasteiger partial charge in [0.2, 0.25) is 0 Å². The Morgan fingerprint density at radius 3 is 2.05 bits per heavy atom. The van der Waals surface area contributed by atoms with E-state index in [-0.39, 0.29) is 22.5 Å². The number of rotatable bonds is 4. The Labute approximate surface area is 248 Å².